The molecule has 0 aromatic carbocycles. The number of nitrogens with zero attached hydrogens (tertiary/aromatic N) is 1. The summed E-state index contributed by atoms with van der Waals surface area (Å²) in [6.45, 7) is 4.97. The number of amides is 1. The van der Waals surface area contributed by atoms with Crippen LogP contribution in [-0.4, -0.2) is 63.8 Å². The van der Waals surface area contributed by atoms with Gasteiger partial charge in [-0.25, -0.2) is 0 Å². The number of nitrogens with one attached hydrogen (secondary N) is 1. The summed E-state index contributed by atoms with van der Waals surface area (Å²) < 4.78 is 9.68. The van der Waals surface area contributed by atoms with Crippen LogP contribution in [0.2, 0.25) is 0 Å². The molecular weight excluding hydrogens is 248 g/mol. The monoisotopic (exact) mass is 272 g/mol. The third-order valence-electron chi connectivity index (χ3n) is 3.41. The molecule has 2 unspecified atom stereocenters. The normalized spacial score (nSPS) is 23.3. The summed E-state index contributed by atoms with van der Waals surface area (Å²) in [6.07, 6.45) is 0.809. The highest BCUT2D eigenvalue weighted by Gasteiger charge is 2.35. The van der Waals surface area contributed by atoms with Gasteiger partial charge in [0.05, 0.1) is 19.6 Å². The highest BCUT2D eigenvalue weighted by atomic mass is 16.5. The van der Waals surface area contributed by atoms with E-state index in [4.69, 9.17) is 9.47 Å². The van der Waals surface area contributed by atoms with E-state index >= 15 is 0 Å². The molecule has 6 nitrogen and oxygen atoms in total. The number of esters is 1. The zero-order chi connectivity index (χ0) is 14.3. The molecule has 0 aliphatic carbocycles. The Kier molecular flexibility index (Phi) is 6.80. The van der Waals surface area contributed by atoms with Crippen LogP contribution in [0.4, 0.5) is 0 Å². The number of hydrogen-bond donors (Lipinski definition) is 1. The van der Waals surface area contributed by atoms with Gasteiger partial charge < -0.3 is 14.8 Å². The van der Waals surface area contributed by atoms with Crippen molar-refractivity contribution in [1.82, 2.24) is 10.2 Å². The third-order valence-corrected chi connectivity index (χ3v) is 3.41. The van der Waals surface area contributed by atoms with Crippen molar-refractivity contribution in [2.24, 2.45) is 11.8 Å². The zero-order valence-electron chi connectivity index (χ0n) is 12.0. The van der Waals surface area contributed by atoms with Crippen LogP contribution in [0.15, 0.2) is 0 Å². The second kappa shape index (κ2) is 8.12. The van der Waals surface area contributed by atoms with E-state index in [2.05, 4.69) is 5.32 Å². The molecule has 1 fully saturated rings. The maximum Gasteiger partial charge on any atom is 0.310 e. The zero-order valence-corrected chi connectivity index (χ0v) is 12.0. The molecule has 19 heavy (non-hydrogen) atoms. The fourth-order valence-corrected chi connectivity index (χ4v) is 2.36. The third kappa shape index (κ3) is 5.16. The standard InChI is InChI=1S/C13H24N2O4/c1-10-7-15(8-11(10)13(17)19-3)9-12(16)14-5-4-6-18-2/h10-11H,4-9H2,1-3H3,(H,14,16). The van der Waals surface area contributed by atoms with Crippen LogP contribution in [0, 0.1) is 11.8 Å². The van der Waals surface area contributed by atoms with E-state index < -0.39 is 0 Å². The van der Waals surface area contributed by atoms with Crippen molar-refractivity contribution in [2.75, 3.05) is 47.0 Å². The first-order valence-electron chi connectivity index (χ1n) is 6.64. The van der Waals surface area contributed by atoms with Gasteiger partial charge in [0, 0.05) is 33.4 Å². The van der Waals surface area contributed by atoms with Gasteiger partial charge in [-0.1, -0.05) is 6.92 Å². The van der Waals surface area contributed by atoms with Crippen LogP contribution in [0.5, 0.6) is 0 Å². The maximum absolute atomic E-state index is 11.7. The Hall–Kier alpha value is -1.14. The smallest absolute Gasteiger partial charge is 0.310 e. The van der Waals surface area contributed by atoms with Crippen molar-refractivity contribution in [3.63, 3.8) is 0 Å². The lowest BCUT2D eigenvalue weighted by molar-refractivity contribution is -0.146. The maximum atomic E-state index is 11.7. The molecule has 1 N–H and O–H groups in total. The molecule has 1 rings (SSSR count). The molecule has 1 saturated heterocycles. The first-order chi connectivity index (χ1) is 9.08. The number of carbonyl (C=O) groups excluding carboxylic acids is 2. The number of hydrogen-bond acceptors (Lipinski definition) is 5. The topological polar surface area (TPSA) is 67.9 Å². The van der Waals surface area contributed by atoms with Crippen LogP contribution < -0.4 is 5.32 Å². The van der Waals surface area contributed by atoms with Gasteiger partial charge >= 0.3 is 5.97 Å². The average molecular weight is 272 g/mol. The van der Waals surface area contributed by atoms with Gasteiger partial charge in [-0.3, -0.25) is 14.5 Å². The van der Waals surface area contributed by atoms with Crippen LogP contribution in [-0.2, 0) is 19.1 Å². The van der Waals surface area contributed by atoms with E-state index in [0.717, 1.165) is 13.0 Å². The van der Waals surface area contributed by atoms with Gasteiger partial charge in [0.1, 0.15) is 0 Å². The van der Waals surface area contributed by atoms with Crippen LogP contribution in [0.25, 0.3) is 0 Å². The quantitative estimate of drug-likeness (QED) is 0.517. The van der Waals surface area contributed by atoms with Crippen molar-refractivity contribution >= 4 is 11.9 Å². The van der Waals surface area contributed by atoms with Crippen LogP contribution >= 0.6 is 0 Å². The Morgan fingerprint density at radius 2 is 2.05 bits per heavy atom. The minimum absolute atomic E-state index is 0.00572. The second-order valence-corrected chi connectivity index (χ2v) is 5.00. The lowest BCUT2D eigenvalue weighted by Gasteiger charge is -2.15. The number of methoxy groups -OCH3 is 2. The van der Waals surface area contributed by atoms with Crippen molar-refractivity contribution in [1.29, 1.82) is 0 Å². The van der Waals surface area contributed by atoms with E-state index in [1.54, 1.807) is 7.11 Å². The predicted octanol–water partition coefficient (Wildman–Crippen LogP) is -0.120. The molecule has 0 radical (unpaired) electrons. The molecule has 110 valence electrons. The highest BCUT2D eigenvalue weighted by molar-refractivity contribution is 5.78. The van der Waals surface area contributed by atoms with E-state index in [9.17, 15) is 9.59 Å². The first-order valence-corrected chi connectivity index (χ1v) is 6.64. The molecule has 0 saturated carbocycles. The van der Waals surface area contributed by atoms with E-state index in [0.29, 0.717) is 26.2 Å². The summed E-state index contributed by atoms with van der Waals surface area (Å²) in [7, 11) is 3.04. The van der Waals surface area contributed by atoms with Gasteiger partial charge in [-0.15, -0.1) is 0 Å². The van der Waals surface area contributed by atoms with Gasteiger partial charge in [0.25, 0.3) is 0 Å². The predicted molar refractivity (Wildman–Crippen MR) is 70.6 cm³/mol. The Morgan fingerprint density at radius 1 is 1.32 bits per heavy atom. The fourth-order valence-electron chi connectivity index (χ4n) is 2.36. The second-order valence-electron chi connectivity index (χ2n) is 5.00. The van der Waals surface area contributed by atoms with E-state index in [1.165, 1.54) is 7.11 Å². The van der Waals surface area contributed by atoms with Crippen molar-refractivity contribution in [3.8, 4) is 0 Å². The lowest BCUT2D eigenvalue weighted by Crippen LogP contribution is -2.37. The first kappa shape index (κ1) is 15.9. The summed E-state index contributed by atoms with van der Waals surface area (Å²) in [4.78, 5) is 25.2. The SMILES string of the molecule is COCCCNC(=O)CN1CC(C)C(C(=O)OC)C1. The molecule has 0 aromatic heterocycles. The van der Waals surface area contributed by atoms with E-state index in [1.807, 2.05) is 11.8 Å². The number of carbonyl (C=O) groups is 2. The number of ether oxygens (including phenoxy) is 2. The molecule has 1 amide bonds. The lowest BCUT2D eigenvalue weighted by atomic mass is 9.99. The number of likely N-dealkylation sites (tertiary alicyclic amines) is 1. The Labute approximate surface area is 114 Å². The van der Waals surface area contributed by atoms with Crippen molar-refractivity contribution in [3.05, 3.63) is 0 Å². The molecular formula is C13H24N2O4. The summed E-state index contributed by atoms with van der Waals surface area (Å²) >= 11 is 0. The minimum atomic E-state index is -0.185. The van der Waals surface area contributed by atoms with E-state index in [-0.39, 0.29) is 23.7 Å². The molecule has 0 bridgehead atoms. The largest absolute Gasteiger partial charge is 0.469 e. The minimum Gasteiger partial charge on any atom is -0.469 e. The Morgan fingerprint density at radius 3 is 2.68 bits per heavy atom. The van der Waals surface area contributed by atoms with Crippen molar-refractivity contribution in [2.45, 2.75) is 13.3 Å². The summed E-state index contributed by atoms with van der Waals surface area (Å²) in [5, 5.41) is 2.84. The molecule has 0 aromatic rings. The summed E-state index contributed by atoms with van der Waals surface area (Å²) in [5.74, 6) is -0.0793. The summed E-state index contributed by atoms with van der Waals surface area (Å²) in [5.41, 5.74) is 0. The molecule has 2 atom stereocenters. The molecule has 1 heterocycles. The number of rotatable bonds is 7. The van der Waals surface area contributed by atoms with Gasteiger partial charge in [0.15, 0.2) is 0 Å². The molecule has 0 spiro atoms. The Bertz CT molecular complexity index is 309. The van der Waals surface area contributed by atoms with Crippen LogP contribution in [0.3, 0.4) is 0 Å². The summed E-state index contributed by atoms with van der Waals surface area (Å²) in [6, 6.07) is 0. The molecule has 1 aliphatic heterocycles. The highest BCUT2D eigenvalue weighted by Crippen LogP contribution is 2.23. The molecule has 6 heteroatoms. The van der Waals surface area contributed by atoms with Gasteiger partial charge in [-0.05, 0) is 12.3 Å². The van der Waals surface area contributed by atoms with Gasteiger partial charge in [-0.2, -0.15) is 0 Å². The average Bonchev–Trinajstić information content (AvgIpc) is 2.74. The Balaban J connectivity index is 2.27. The van der Waals surface area contributed by atoms with Crippen LogP contribution in [0.1, 0.15) is 13.3 Å². The fraction of sp³-hybridized carbons (Fsp3) is 0.846. The van der Waals surface area contributed by atoms with Crippen molar-refractivity contribution < 1.29 is 19.1 Å². The van der Waals surface area contributed by atoms with Gasteiger partial charge in [0.2, 0.25) is 5.91 Å². The molecule has 1 aliphatic rings.